The second kappa shape index (κ2) is 6.58. The maximum absolute atomic E-state index is 11.4. The van der Waals surface area contributed by atoms with E-state index in [1.54, 1.807) is 0 Å². The molecule has 1 aliphatic carbocycles. The van der Waals surface area contributed by atoms with Gasteiger partial charge in [-0.3, -0.25) is 0 Å². The number of hydrogen-bond acceptors (Lipinski definition) is 3. The number of amides is 2. The predicted molar refractivity (Wildman–Crippen MR) is 66.2 cm³/mol. The topological polar surface area (TPSA) is 98.7 Å². The Hall–Kier alpha value is -1.30. The number of carbonyl (C=O) groups is 2. The highest BCUT2D eigenvalue weighted by atomic mass is 16.4. The van der Waals surface area contributed by atoms with Crippen LogP contribution in [-0.2, 0) is 4.79 Å². The lowest BCUT2D eigenvalue weighted by atomic mass is 9.67. The van der Waals surface area contributed by atoms with Crippen molar-refractivity contribution >= 4 is 12.0 Å². The molecule has 104 valence electrons. The molecule has 1 rings (SSSR count). The van der Waals surface area contributed by atoms with Crippen LogP contribution in [0.2, 0.25) is 0 Å². The lowest BCUT2D eigenvalue weighted by Gasteiger charge is -2.41. The summed E-state index contributed by atoms with van der Waals surface area (Å²) in [6.07, 6.45) is 3.19. The number of carboxylic acid groups (broad SMARTS) is 1. The van der Waals surface area contributed by atoms with Gasteiger partial charge in [-0.2, -0.15) is 0 Å². The van der Waals surface area contributed by atoms with Crippen molar-refractivity contribution in [3.8, 4) is 0 Å². The van der Waals surface area contributed by atoms with E-state index >= 15 is 0 Å². The van der Waals surface area contributed by atoms with E-state index in [4.69, 9.17) is 10.2 Å². The van der Waals surface area contributed by atoms with Crippen LogP contribution in [0.5, 0.6) is 0 Å². The number of carbonyl (C=O) groups excluding carboxylic acids is 1. The van der Waals surface area contributed by atoms with Gasteiger partial charge in [0.1, 0.15) is 0 Å². The normalized spacial score (nSPS) is 18.6. The van der Waals surface area contributed by atoms with Gasteiger partial charge < -0.3 is 20.8 Å². The zero-order valence-electron chi connectivity index (χ0n) is 10.7. The molecule has 4 N–H and O–H groups in total. The molecule has 6 heteroatoms. The summed E-state index contributed by atoms with van der Waals surface area (Å²) in [6.45, 7) is 2.94. The molecular weight excluding hydrogens is 236 g/mol. The van der Waals surface area contributed by atoms with Crippen molar-refractivity contribution in [2.75, 3.05) is 13.1 Å². The van der Waals surface area contributed by atoms with Gasteiger partial charge in [0.25, 0.3) is 0 Å². The first-order chi connectivity index (χ1) is 8.49. The van der Waals surface area contributed by atoms with E-state index in [1.165, 1.54) is 6.42 Å². The number of rotatable bonds is 7. The van der Waals surface area contributed by atoms with Gasteiger partial charge in [0.15, 0.2) is 6.10 Å². The minimum Gasteiger partial charge on any atom is -0.479 e. The van der Waals surface area contributed by atoms with Crippen LogP contribution in [0.3, 0.4) is 0 Å². The molecule has 18 heavy (non-hydrogen) atoms. The minimum absolute atomic E-state index is 0.0155. The largest absolute Gasteiger partial charge is 0.479 e. The molecule has 0 heterocycles. The quantitative estimate of drug-likeness (QED) is 0.540. The van der Waals surface area contributed by atoms with Crippen molar-refractivity contribution < 1.29 is 19.8 Å². The first kappa shape index (κ1) is 14.8. The van der Waals surface area contributed by atoms with Gasteiger partial charge in [-0.15, -0.1) is 0 Å². The number of urea groups is 1. The molecule has 1 unspecified atom stereocenters. The Balaban J connectivity index is 2.12. The number of aliphatic hydroxyl groups excluding tert-OH is 1. The van der Waals surface area contributed by atoms with E-state index in [0.29, 0.717) is 6.54 Å². The summed E-state index contributed by atoms with van der Waals surface area (Å²) in [5, 5.41) is 22.8. The molecule has 0 aromatic carbocycles. The average Bonchev–Trinajstić information content (AvgIpc) is 2.28. The molecule has 0 bridgehead atoms. The lowest BCUT2D eigenvalue weighted by Crippen LogP contribution is -2.45. The van der Waals surface area contributed by atoms with Gasteiger partial charge >= 0.3 is 12.0 Å². The van der Waals surface area contributed by atoms with E-state index in [0.717, 1.165) is 19.3 Å². The SMILES string of the molecule is CCC1(CNC(=O)NCCC(O)C(=O)O)CCC1. The van der Waals surface area contributed by atoms with Crippen LogP contribution < -0.4 is 10.6 Å². The summed E-state index contributed by atoms with van der Waals surface area (Å²) in [4.78, 5) is 21.8. The number of hydrogen-bond donors (Lipinski definition) is 4. The summed E-state index contributed by atoms with van der Waals surface area (Å²) in [5.41, 5.74) is 0.262. The summed E-state index contributed by atoms with van der Waals surface area (Å²) in [5.74, 6) is -1.27. The highest BCUT2D eigenvalue weighted by Crippen LogP contribution is 2.42. The Morgan fingerprint density at radius 3 is 2.44 bits per heavy atom. The highest BCUT2D eigenvalue weighted by Gasteiger charge is 2.35. The molecular formula is C12H22N2O4. The van der Waals surface area contributed by atoms with Gasteiger partial charge in [0.2, 0.25) is 0 Å². The van der Waals surface area contributed by atoms with E-state index in [2.05, 4.69) is 17.6 Å². The Bertz CT molecular complexity index is 297. The smallest absolute Gasteiger partial charge is 0.332 e. The molecule has 1 fully saturated rings. The third-order valence-electron chi connectivity index (χ3n) is 3.78. The van der Waals surface area contributed by atoms with E-state index < -0.39 is 12.1 Å². The summed E-state index contributed by atoms with van der Waals surface area (Å²) in [6, 6.07) is -0.299. The van der Waals surface area contributed by atoms with Crippen molar-refractivity contribution in [3.63, 3.8) is 0 Å². The standard InChI is InChI=1S/C12H22N2O4/c1-2-12(5-3-6-12)8-14-11(18)13-7-4-9(15)10(16)17/h9,15H,2-8H2,1H3,(H,16,17)(H2,13,14,18). The summed E-state index contributed by atoms with van der Waals surface area (Å²) in [7, 11) is 0. The summed E-state index contributed by atoms with van der Waals surface area (Å²) >= 11 is 0. The Kier molecular flexibility index (Phi) is 5.40. The maximum atomic E-state index is 11.4. The van der Waals surface area contributed by atoms with Crippen LogP contribution in [0.4, 0.5) is 4.79 Å². The van der Waals surface area contributed by atoms with Crippen LogP contribution >= 0.6 is 0 Å². The van der Waals surface area contributed by atoms with E-state index in [9.17, 15) is 9.59 Å². The number of nitrogens with one attached hydrogen (secondary N) is 2. The highest BCUT2D eigenvalue weighted by molar-refractivity contribution is 5.74. The van der Waals surface area contributed by atoms with Crippen molar-refractivity contribution in [2.24, 2.45) is 5.41 Å². The molecule has 0 spiro atoms. The second-order valence-corrected chi connectivity index (χ2v) is 4.96. The minimum atomic E-state index is -1.42. The fourth-order valence-electron chi connectivity index (χ4n) is 2.11. The van der Waals surface area contributed by atoms with Gasteiger partial charge in [-0.1, -0.05) is 13.3 Å². The van der Waals surface area contributed by atoms with Gasteiger partial charge in [0, 0.05) is 19.5 Å². The molecule has 0 aliphatic heterocycles. The van der Waals surface area contributed by atoms with Gasteiger partial charge in [-0.05, 0) is 24.7 Å². The van der Waals surface area contributed by atoms with Crippen molar-refractivity contribution in [1.82, 2.24) is 10.6 Å². The molecule has 0 aromatic rings. The fourth-order valence-corrected chi connectivity index (χ4v) is 2.11. The monoisotopic (exact) mass is 258 g/mol. The van der Waals surface area contributed by atoms with Crippen LogP contribution in [-0.4, -0.2) is 41.4 Å². The van der Waals surface area contributed by atoms with Gasteiger partial charge in [0.05, 0.1) is 0 Å². The predicted octanol–water partition coefficient (Wildman–Crippen LogP) is 0.701. The Morgan fingerprint density at radius 2 is 2.00 bits per heavy atom. The zero-order chi connectivity index (χ0) is 13.6. The number of aliphatic carboxylic acids is 1. The second-order valence-electron chi connectivity index (χ2n) is 4.96. The molecule has 0 aromatic heterocycles. The molecule has 6 nitrogen and oxygen atoms in total. The van der Waals surface area contributed by atoms with Crippen molar-refractivity contribution in [3.05, 3.63) is 0 Å². The number of aliphatic hydroxyl groups is 1. The lowest BCUT2D eigenvalue weighted by molar-refractivity contribution is -0.146. The van der Waals surface area contributed by atoms with E-state index in [1.807, 2.05) is 0 Å². The van der Waals surface area contributed by atoms with E-state index in [-0.39, 0.29) is 24.4 Å². The third-order valence-corrected chi connectivity index (χ3v) is 3.78. The summed E-state index contributed by atoms with van der Waals surface area (Å²) < 4.78 is 0. The third kappa shape index (κ3) is 4.18. The first-order valence-electron chi connectivity index (χ1n) is 6.42. The number of carboxylic acids is 1. The molecule has 1 aliphatic rings. The maximum Gasteiger partial charge on any atom is 0.332 e. The Morgan fingerprint density at radius 1 is 1.33 bits per heavy atom. The van der Waals surface area contributed by atoms with Crippen molar-refractivity contribution in [1.29, 1.82) is 0 Å². The molecule has 0 radical (unpaired) electrons. The average molecular weight is 258 g/mol. The van der Waals surface area contributed by atoms with Crippen LogP contribution in [0.25, 0.3) is 0 Å². The van der Waals surface area contributed by atoms with Crippen molar-refractivity contribution in [2.45, 2.75) is 45.1 Å². The molecule has 0 saturated heterocycles. The van der Waals surface area contributed by atoms with Gasteiger partial charge in [-0.25, -0.2) is 9.59 Å². The molecule has 2 amide bonds. The van der Waals surface area contributed by atoms with Crippen LogP contribution in [0, 0.1) is 5.41 Å². The van der Waals surface area contributed by atoms with Crippen LogP contribution in [0.15, 0.2) is 0 Å². The van der Waals surface area contributed by atoms with Crippen LogP contribution in [0.1, 0.15) is 39.0 Å². The fraction of sp³-hybridized carbons (Fsp3) is 0.833. The molecule has 1 saturated carbocycles. The zero-order valence-corrected chi connectivity index (χ0v) is 10.7. The first-order valence-corrected chi connectivity index (χ1v) is 6.42. The molecule has 1 atom stereocenters. The Labute approximate surface area is 107 Å².